The molecule has 1 aromatic carbocycles. The largest absolute Gasteiger partial charge is 0.329 e. The van der Waals surface area contributed by atoms with Crippen molar-refractivity contribution in [2.75, 3.05) is 11.9 Å². The Hall–Kier alpha value is -1.87. The fraction of sp³-hybridized carbons (Fsp3) is 0.267. The molecule has 3 heteroatoms. The number of pyridine rings is 1. The minimum absolute atomic E-state index is 0.0239. The quantitative estimate of drug-likeness (QED) is 0.897. The van der Waals surface area contributed by atoms with Gasteiger partial charge in [0.15, 0.2) is 0 Å². The number of hydrogen-bond acceptors (Lipinski definition) is 3. The van der Waals surface area contributed by atoms with Crippen molar-refractivity contribution in [1.82, 2.24) is 4.98 Å². The lowest BCUT2D eigenvalue weighted by Crippen LogP contribution is -2.12. The van der Waals surface area contributed by atoms with Crippen LogP contribution in [0.4, 0.5) is 11.5 Å². The van der Waals surface area contributed by atoms with Gasteiger partial charge in [-0.3, -0.25) is 0 Å². The number of benzene rings is 1. The molecule has 0 amide bonds. The number of anilines is 2. The smallest absolute Gasteiger partial charge is 0.132 e. The minimum atomic E-state index is 0.0239. The second-order valence-electron chi connectivity index (χ2n) is 4.64. The summed E-state index contributed by atoms with van der Waals surface area (Å²) in [5, 5.41) is 0. The summed E-state index contributed by atoms with van der Waals surface area (Å²) >= 11 is 0. The van der Waals surface area contributed by atoms with Crippen molar-refractivity contribution < 1.29 is 0 Å². The third-order valence-electron chi connectivity index (χ3n) is 3.03. The zero-order valence-corrected chi connectivity index (χ0v) is 11.1. The van der Waals surface area contributed by atoms with Crippen LogP contribution in [0, 0.1) is 6.92 Å². The summed E-state index contributed by atoms with van der Waals surface area (Å²) in [6, 6.07) is 12.4. The van der Waals surface area contributed by atoms with Gasteiger partial charge in [-0.1, -0.05) is 18.2 Å². The summed E-state index contributed by atoms with van der Waals surface area (Å²) in [4.78, 5) is 6.52. The van der Waals surface area contributed by atoms with Gasteiger partial charge < -0.3 is 10.6 Å². The molecule has 0 aliphatic heterocycles. The van der Waals surface area contributed by atoms with Crippen molar-refractivity contribution >= 4 is 11.5 Å². The number of aromatic nitrogens is 1. The molecule has 2 rings (SSSR count). The predicted octanol–water partition coefficient (Wildman–Crippen LogP) is 3.18. The second-order valence-corrected chi connectivity index (χ2v) is 4.64. The Labute approximate surface area is 108 Å². The molecule has 0 saturated heterocycles. The summed E-state index contributed by atoms with van der Waals surface area (Å²) in [7, 11) is 2.02. The summed E-state index contributed by atoms with van der Waals surface area (Å²) in [6.45, 7) is 4.05. The van der Waals surface area contributed by atoms with Gasteiger partial charge in [0, 0.05) is 25.0 Å². The molecule has 94 valence electrons. The van der Waals surface area contributed by atoms with Crippen LogP contribution in [0.25, 0.3) is 0 Å². The molecular formula is C15H19N3. The van der Waals surface area contributed by atoms with Crippen molar-refractivity contribution in [3.63, 3.8) is 0 Å². The van der Waals surface area contributed by atoms with Gasteiger partial charge in [-0.15, -0.1) is 0 Å². The number of nitrogens with zero attached hydrogens (tertiary/aromatic N) is 2. The average Bonchev–Trinajstić information content (AvgIpc) is 2.38. The van der Waals surface area contributed by atoms with Crippen LogP contribution >= 0.6 is 0 Å². The van der Waals surface area contributed by atoms with Gasteiger partial charge in [0.1, 0.15) is 5.82 Å². The minimum Gasteiger partial charge on any atom is -0.329 e. The standard InChI is InChI=1S/C15H19N3/c1-11-5-4-6-14(9-11)18(3)15-8-7-13(10-17-15)12(2)16/h4-10,12H,16H2,1-3H3. The first-order valence-corrected chi connectivity index (χ1v) is 6.10. The summed E-state index contributed by atoms with van der Waals surface area (Å²) in [5.41, 5.74) is 9.25. The monoisotopic (exact) mass is 241 g/mol. The molecular weight excluding hydrogens is 222 g/mol. The lowest BCUT2D eigenvalue weighted by molar-refractivity contribution is 0.811. The molecule has 0 spiro atoms. The second kappa shape index (κ2) is 5.19. The maximum atomic E-state index is 5.82. The Morgan fingerprint density at radius 3 is 2.56 bits per heavy atom. The van der Waals surface area contributed by atoms with Crippen molar-refractivity contribution in [1.29, 1.82) is 0 Å². The van der Waals surface area contributed by atoms with Crippen LogP contribution in [0.5, 0.6) is 0 Å². The molecule has 0 saturated carbocycles. The van der Waals surface area contributed by atoms with E-state index in [1.165, 1.54) is 5.56 Å². The number of aryl methyl sites for hydroxylation is 1. The molecule has 0 fully saturated rings. The maximum absolute atomic E-state index is 5.82. The fourth-order valence-corrected chi connectivity index (χ4v) is 1.83. The van der Waals surface area contributed by atoms with Gasteiger partial charge in [0.05, 0.1) is 0 Å². The average molecular weight is 241 g/mol. The van der Waals surface area contributed by atoms with Crippen molar-refractivity contribution in [2.24, 2.45) is 5.73 Å². The van der Waals surface area contributed by atoms with E-state index < -0.39 is 0 Å². The molecule has 0 radical (unpaired) electrons. The van der Waals surface area contributed by atoms with Crippen LogP contribution in [0.2, 0.25) is 0 Å². The van der Waals surface area contributed by atoms with E-state index >= 15 is 0 Å². The van der Waals surface area contributed by atoms with E-state index in [1.54, 1.807) is 0 Å². The lowest BCUT2D eigenvalue weighted by Gasteiger charge is -2.19. The van der Waals surface area contributed by atoms with Gasteiger partial charge in [0.25, 0.3) is 0 Å². The number of rotatable bonds is 3. The van der Waals surface area contributed by atoms with Gasteiger partial charge in [-0.25, -0.2) is 4.98 Å². The van der Waals surface area contributed by atoms with Crippen molar-refractivity contribution in [2.45, 2.75) is 19.9 Å². The molecule has 0 aliphatic carbocycles. The molecule has 1 atom stereocenters. The van der Waals surface area contributed by atoms with Gasteiger partial charge in [-0.05, 0) is 43.2 Å². The summed E-state index contributed by atoms with van der Waals surface area (Å²) in [6.07, 6.45) is 1.84. The molecule has 1 aromatic heterocycles. The topological polar surface area (TPSA) is 42.1 Å². The van der Waals surface area contributed by atoms with E-state index in [0.717, 1.165) is 17.1 Å². The molecule has 3 nitrogen and oxygen atoms in total. The molecule has 1 heterocycles. The van der Waals surface area contributed by atoms with Crippen LogP contribution in [-0.2, 0) is 0 Å². The van der Waals surface area contributed by atoms with Crippen LogP contribution in [0.15, 0.2) is 42.6 Å². The van der Waals surface area contributed by atoms with Crippen LogP contribution in [0.1, 0.15) is 24.1 Å². The van der Waals surface area contributed by atoms with E-state index in [-0.39, 0.29) is 6.04 Å². The van der Waals surface area contributed by atoms with Crippen molar-refractivity contribution in [3.8, 4) is 0 Å². The number of hydrogen-bond donors (Lipinski definition) is 1. The van der Waals surface area contributed by atoms with E-state index in [4.69, 9.17) is 5.73 Å². The van der Waals surface area contributed by atoms with E-state index in [2.05, 4.69) is 41.1 Å². The van der Waals surface area contributed by atoms with Gasteiger partial charge in [-0.2, -0.15) is 0 Å². The zero-order valence-electron chi connectivity index (χ0n) is 11.1. The Balaban J connectivity index is 2.26. The molecule has 0 aliphatic rings. The summed E-state index contributed by atoms with van der Waals surface area (Å²) < 4.78 is 0. The maximum Gasteiger partial charge on any atom is 0.132 e. The highest BCUT2D eigenvalue weighted by Crippen LogP contribution is 2.23. The Bertz CT molecular complexity index is 518. The van der Waals surface area contributed by atoms with Crippen molar-refractivity contribution in [3.05, 3.63) is 53.7 Å². The molecule has 0 bridgehead atoms. The first-order chi connectivity index (χ1) is 8.58. The fourth-order valence-electron chi connectivity index (χ4n) is 1.83. The van der Waals surface area contributed by atoms with E-state index in [9.17, 15) is 0 Å². The normalized spacial score (nSPS) is 12.2. The Morgan fingerprint density at radius 1 is 1.22 bits per heavy atom. The number of nitrogens with two attached hydrogens (primary N) is 1. The van der Waals surface area contributed by atoms with Crippen LogP contribution < -0.4 is 10.6 Å². The zero-order chi connectivity index (χ0) is 13.1. The van der Waals surface area contributed by atoms with E-state index in [1.807, 2.05) is 32.3 Å². The van der Waals surface area contributed by atoms with Crippen LogP contribution in [0.3, 0.4) is 0 Å². The SMILES string of the molecule is Cc1cccc(N(C)c2ccc(C(C)N)cn2)c1. The molecule has 2 aromatic rings. The van der Waals surface area contributed by atoms with Crippen LogP contribution in [-0.4, -0.2) is 12.0 Å². The highest BCUT2D eigenvalue weighted by molar-refractivity contribution is 5.59. The Kier molecular flexibility index (Phi) is 3.63. The third kappa shape index (κ3) is 2.68. The van der Waals surface area contributed by atoms with Gasteiger partial charge >= 0.3 is 0 Å². The van der Waals surface area contributed by atoms with E-state index in [0.29, 0.717) is 0 Å². The first-order valence-electron chi connectivity index (χ1n) is 6.10. The molecule has 1 unspecified atom stereocenters. The third-order valence-corrected chi connectivity index (χ3v) is 3.03. The summed E-state index contributed by atoms with van der Waals surface area (Å²) in [5.74, 6) is 0.921. The molecule has 2 N–H and O–H groups in total. The highest BCUT2D eigenvalue weighted by atomic mass is 15.2. The first kappa shape index (κ1) is 12.6. The lowest BCUT2D eigenvalue weighted by atomic mass is 10.1. The Morgan fingerprint density at radius 2 is 2.00 bits per heavy atom. The van der Waals surface area contributed by atoms with Gasteiger partial charge in [0.2, 0.25) is 0 Å². The molecule has 18 heavy (non-hydrogen) atoms. The predicted molar refractivity (Wildman–Crippen MR) is 76.1 cm³/mol. The highest BCUT2D eigenvalue weighted by Gasteiger charge is 2.06.